The molecule has 2 fully saturated rings. The minimum atomic E-state index is -2.65. The molecule has 11 heteroatoms. The van der Waals surface area contributed by atoms with Crippen molar-refractivity contribution >= 4 is 28.9 Å². The average molecular weight is 583 g/mol. The van der Waals surface area contributed by atoms with Crippen LogP contribution in [0.2, 0.25) is 0 Å². The molecule has 4 atom stereocenters. The van der Waals surface area contributed by atoms with E-state index in [0.717, 1.165) is 11.3 Å². The lowest BCUT2D eigenvalue weighted by Crippen LogP contribution is -2.65. The average Bonchev–Trinajstić information content (AvgIpc) is 3.71. The van der Waals surface area contributed by atoms with Gasteiger partial charge in [-0.3, -0.25) is 24.2 Å². The Labute approximate surface area is 245 Å². The molecule has 0 aliphatic heterocycles. The molecule has 2 saturated carbocycles. The second kappa shape index (κ2) is 9.82. The number of phenolic OH excluding ortho intramolecular Hbond substituents is 1. The first kappa shape index (κ1) is 30.1. The monoisotopic (exact) mass is 582 g/mol. The minimum absolute atomic E-state index is 0.0431. The molecule has 1 amide bonds. The minimum Gasteiger partial charge on any atom is -0.508 e. The first-order valence-corrected chi connectivity index (χ1v) is 14.4. The molecule has 1 aromatic rings. The zero-order chi connectivity index (χ0) is 31.2. The number of fused-ring (bicyclic) bond motifs is 3. The van der Waals surface area contributed by atoms with Crippen molar-refractivity contribution in [3.8, 4) is 5.75 Å². The quantitative estimate of drug-likeness (QED) is 0.298. The third-order valence-corrected chi connectivity index (χ3v) is 10.2. The highest BCUT2D eigenvalue weighted by atomic mass is 16.3. The Kier molecular flexibility index (Phi) is 7.03. The fourth-order valence-corrected chi connectivity index (χ4v) is 7.61. The topological polar surface area (TPSA) is 168 Å². The van der Waals surface area contributed by atoms with E-state index in [2.05, 4.69) is 25.8 Å². The number of aliphatic hydroxyl groups is 3. The van der Waals surface area contributed by atoms with Crippen molar-refractivity contribution in [1.82, 2.24) is 9.80 Å². The van der Waals surface area contributed by atoms with E-state index in [1.165, 1.54) is 17.7 Å². The summed E-state index contributed by atoms with van der Waals surface area (Å²) in [6.45, 7) is 4.98. The van der Waals surface area contributed by atoms with Crippen LogP contribution in [-0.4, -0.2) is 100 Å². The van der Waals surface area contributed by atoms with Crippen LogP contribution in [0.3, 0.4) is 0 Å². The van der Waals surface area contributed by atoms with Gasteiger partial charge in [-0.2, -0.15) is 0 Å². The summed E-state index contributed by atoms with van der Waals surface area (Å²) < 4.78 is 0. The van der Waals surface area contributed by atoms with Gasteiger partial charge in [0.1, 0.15) is 22.8 Å². The van der Waals surface area contributed by atoms with Crippen LogP contribution in [0.15, 0.2) is 23.0 Å². The summed E-state index contributed by atoms with van der Waals surface area (Å²) in [5, 5.41) is 45.7. The van der Waals surface area contributed by atoms with Crippen LogP contribution in [0, 0.1) is 17.8 Å². The van der Waals surface area contributed by atoms with Gasteiger partial charge in [0.25, 0.3) is 5.91 Å². The largest absolute Gasteiger partial charge is 0.508 e. The number of anilines is 1. The van der Waals surface area contributed by atoms with Crippen molar-refractivity contribution in [2.75, 3.05) is 40.1 Å². The van der Waals surface area contributed by atoms with Crippen LogP contribution in [0.25, 0.3) is 5.76 Å². The molecule has 11 nitrogen and oxygen atoms in total. The predicted molar refractivity (Wildman–Crippen MR) is 157 cm³/mol. The molecule has 42 heavy (non-hydrogen) atoms. The molecule has 0 unspecified atom stereocenters. The number of phenols is 1. The van der Waals surface area contributed by atoms with Crippen LogP contribution in [-0.2, 0) is 27.3 Å². The highest BCUT2D eigenvalue weighted by Crippen LogP contribution is 2.54. The van der Waals surface area contributed by atoms with Gasteiger partial charge in [-0.05, 0) is 89.7 Å². The number of nitrogens with two attached hydrogens (primary N) is 1. The Morgan fingerprint density at radius 1 is 1.10 bits per heavy atom. The third kappa shape index (κ3) is 4.16. The van der Waals surface area contributed by atoms with Gasteiger partial charge in [-0.1, -0.05) is 0 Å². The summed E-state index contributed by atoms with van der Waals surface area (Å²) in [5.74, 6) is -5.94. The van der Waals surface area contributed by atoms with E-state index in [4.69, 9.17) is 5.73 Å². The van der Waals surface area contributed by atoms with Crippen molar-refractivity contribution in [3.63, 3.8) is 0 Å². The second-order valence-electron chi connectivity index (χ2n) is 13.4. The predicted octanol–water partition coefficient (Wildman–Crippen LogP) is 1.65. The van der Waals surface area contributed by atoms with Crippen molar-refractivity contribution in [1.29, 1.82) is 0 Å². The number of likely N-dealkylation sites (N-methyl/N-ethyl adjacent to an activating group) is 1. The molecule has 6 N–H and O–H groups in total. The Bertz CT molecular complexity index is 1460. The number of ketones is 2. The summed E-state index contributed by atoms with van der Waals surface area (Å²) in [6, 6.07) is 0.494. The van der Waals surface area contributed by atoms with Gasteiger partial charge in [-0.25, -0.2) is 0 Å². The third-order valence-electron chi connectivity index (χ3n) is 10.2. The Balaban J connectivity index is 1.67. The number of benzene rings is 1. The number of aliphatic hydroxyl groups excluding tert-OH is 2. The van der Waals surface area contributed by atoms with Crippen LogP contribution < -0.4 is 10.6 Å². The zero-order valence-electron chi connectivity index (χ0n) is 25.4. The van der Waals surface area contributed by atoms with Crippen LogP contribution >= 0.6 is 0 Å². The number of aromatic hydroxyl groups is 1. The van der Waals surface area contributed by atoms with Crippen molar-refractivity contribution < 1.29 is 34.8 Å². The fraction of sp³-hybridized carbons (Fsp3) is 0.581. The van der Waals surface area contributed by atoms with Crippen LogP contribution in [0.1, 0.15) is 49.8 Å². The summed E-state index contributed by atoms with van der Waals surface area (Å²) in [4.78, 5) is 45.3. The van der Waals surface area contributed by atoms with Gasteiger partial charge in [0.15, 0.2) is 11.4 Å². The highest BCUT2D eigenvalue weighted by molar-refractivity contribution is 6.24. The fourth-order valence-electron chi connectivity index (χ4n) is 7.61. The number of Topliss-reactive ketones (excluding diaryl/α,β-unsaturated/α-hetero) is 2. The molecule has 228 valence electrons. The van der Waals surface area contributed by atoms with E-state index in [1.54, 1.807) is 20.2 Å². The second-order valence-corrected chi connectivity index (χ2v) is 13.4. The normalized spacial score (nSPS) is 27.8. The van der Waals surface area contributed by atoms with Gasteiger partial charge in [0.2, 0.25) is 5.78 Å². The summed E-state index contributed by atoms with van der Waals surface area (Å²) in [6.07, 6.45) is 2.66. The Hall–Kier alpha value is -3.41. The molecule has 5 rings (SSSR count). The Morgan fingerprint density at radius 3 is 2.24 bits per heavy atom. The van der Waals surface area contributed by atoms with Gasteiger partial charge in [0, 0.05) is 43.4 Å². The number of carbonyl (C=O) groups is 3. The molecule has 4 aliphatic carbocycles. The smallest absolute Gasteiger partial charge is 0.255 e. The van der Waals surface area contributed by atoms with E-state index in [0.29, 0.717) is 18.0 Å². The van der Waals surface area contributed by atoms with Crippen LogP contribution in [0.5, 0.6) is 5.75 Å². The number of carbonyl (C=O) groups excluding carboxylic acids is 3. The molecule has 0 heterocycles. The molecule has 0 radical (unpaired) electrons. The van der Waals surface area contributed by atoms with Crippen molar-refractivity contribution in [2.45, 2.75) is 63.3 Å². The lowest BCUT2D eigenvalue weighted by molar-refractivity contribution is -0.153. The standard InChI is InChI=1S/C31H42N4O7/c1-30(2,16-8-9-16)35(7)13-15-12-19(36)21-17(23(15)33(3)4)10-14-11-18-24(34(5)6)26(38)22(29(32)41)28(40)31(18,42)27(39)20(14)25(21)37/h12,14,16,18,24,36-37,40,42H,8-11,13H2,1-7H3,(H2,32,41)/t14-,18-,24-,31-/m0/s1. The highest BCUT2D eigenvalue weighted by Gasteiger charge is 2.64. The number of nitrogens with zero attached hydrogens (tertiary/aromatic N) is 3. The molecular formula is C31H42N4O7. The SMILES string of the molecule is CN(C)c1c(CN(C)C(C)(C)C2CC2)cc(O)c2c1C[C@H]1C[C@H]3[C@H](N(C)C)C(=O)C(C(N)=O)=C(O)[C@@]3(O)C(=O)C1=C2O. The van der Waals surface area contributed by atoms with Gasteiger partial charge >= 0.3 is 0 Å². The van der Waals surface area contributed by atoms with Gasteiger partial charge < -0.3 is 31.1 Å². The maximum absolute atomic E-state index is 14.1. The molecule has 0 bridgehead atoms. The molecule has 1 aromatic carbocycles. The number of hydrogen-bond donors (Lipinski definition) is 5. The molecular weight excluding hydrogens is 540 g/mol. The molecule has 4 aliphatic rings. The summed E-state index contributed by atoms with van der Waals surface area (Å²) >= 11 is 0. The first-order valence-electron chi connectivity index (χ1n) is 14.4. The van der Waals surface area contributed by atoms with E-state index >= 15 is 0 Å². The lowest BCUT2D eigenvalue weighted by atomic mass is 9.57. The van der Waals surface area contributed by atoms with Crippen molar-refractivity contribution in [3.05, 3.63) is 39.7 Å². The summed E-state index contributed by atoms with van der Waals surface area (Å²) in [7, 11) is 9.01. The van der Waals surface area contributed by atoms with E-state index in [-0.39, 0.29) is 35.3 Å². The maximum atomic E-state index is 14.1. The zero-order valence-corrected chi connectivity index (χ0v) is 25.4. The maximum Gasteiger partial charge on any atom is 0.255 e. The number of primary amides is 1. The van der Waals surface area contributed by atoms with E-state index in [9.17, 15) is 34.8 Å². The van der Waals surface area contributed by atoms with E-state index in [1.807, 2.05) is 19.0 Å². The first-order chi connectivity index (χ1) is 19.5. The molecule has 0 spiro atoms. The Morgan fingerprint density at radius 2 is 1.71 bits per heavy atom. The van der Waals surface area contributed by atoms with Gasteiger partial charge in [0.05, 0.1) is 11.6 Å². The molecule has 0 aromatic heterocycles. The number of rotatable bonds is 7. The van der Waals surface area contributed by atoms with E-state index < -0.39 is 58.0 Å². The number of hydrogen-bond acceptors (Lipinski definition) is 10. The summed E-state index contributed by atoms with van der Waals surface area (Å²) in [5.41, 5.74) is 4.19. The molecule has 0 saturated heterocycles. The lowest BCUT2D eigenvalue weighted by Gasteiger charge is -2.50. The van der Waals surface area contributed by atoms with Crippen LogP contribution in [0.4, 0.5) is 5.69 Å². The van der Waals surface area contributed by atoms with Crippen molar-refractivity contribution in [2.24, 2.45) is 23.5 Å². The van der Waals surface area contributed by atoms with Gasteiger partial charge in [-0.15, -0.1) is 0 Å². The number of amides is 1.